The molecule has 0 saturated carbocycles. The van der Waals surface area contributed by atoms with Crippen molar-refractivity contribution in [1.82, 2.24) is 0 Å². The van der Waals surface area contributed by atoms with Crippen molar-refractivity contribution in [3.63, 3.8) is 0 Å². The average Bonchev–Trinajstić information content (AvgIpc) is 2.08. The fraction of sp³-hybridized carbons (Fsp3) is 0. The summed E-state index contributed by atoms with van der Waals surface area (Å²) in [5.41, 5.74) is -0.383. The Hall–Kier alpha value is -1.78. The number of halogens is 2. The van der Waals surface area contributed by atoms with Gasteiger partial charge in [0.25, 0.3) is 5.78 Å². The molecular weight excluding hydrogens is 182 g/mol. The molecule has 1 aromatic rings. The van der Waals surface area contributed by atoms with Crippen molar-refractivity contribution in [1.29, 1.82) is 0 Å². The number of carbonyl (C=O) groups is 2. The number of aliphatic carboxylic acids is 1. The van der Waals surface area contributed by atoms with Crippen molar-refractivity contribution in [2.45, 2.75) is 0 Å². The summed E-state index contributed by atoms with van der Waals surface area (Å²) in [6, 6.07) is 2.16. The third-order valence-electron chi connectivity index (χ3n) is 1.38. The van der Waals surface area contributed by atoms with Crippen LogP contribution in [-0.2, 0) is 4.79 Å². The average molecular weight is 186 g/mol. The van der Waals surface area contributed by atoms with Crippen LogP contribution in [0.25, 0.3) is 0 Å². The molecule has 0 unspecified atom stereocenters. The second-order valence-corrected chi connectivity index (χ2v) is 2.26. The fourth-order valence-electron chi connectivity index (χ4n) is 0.761. The van der Waals surface area contributed by atoms with Gasteiger partial charge in [0.15, 0.2) is 11.6 Å². The number of ketones is 1. The Balaban J connectivity index is 3.11. The number of carboxylic acid groups (broad SMARTS) is 1. The number of carbonyl (C=O) groups excluding carboxylic acids is 1. The zero-order valence-corrected chi connectivity index (χ0v) is 6.25. The van der Waals surface area contributed by atoms with Crippen LogP contribution in [0.1, 0.15) is 10.4 Å². The van der Waals surface area contributed by atoms with E-state index in [-0.39, 0.29) is 5.56 Å². The third kappa shape index (κ3) is 1.87. The second-order valence-electron chi connectivity index (χ2n) is 2.26. The highest BCUT2D eigenvalue weighted by molar-refractivity contribution is 6.39. The number of hydrogen-bond donors (Lipinski definition) is 1. The first-order chi connectivity index (χ1) is 6.02. The van der Waals surface area contributed by atoms with Crippen molar-refractivity contribution in [2.75, 3.05) is 0 Å². The maximum atomic E-state index is 12.5. The van der Waals surface area contributed by atoms with Crippen molar-refractivity contribution in [2.24, 2.45) is 0 Å². The highest BCUT2D eigenvalue weighted by Gasteiger charge is 2.15. The molecule has 0 bridgehead atoms. The maximum Gasteiger partial charge on any atom is 0.377 e. The fourth-order valence-corrected chi connectivity index (χ4v) is 0.761. The van der Waals surface area contributed by atoms with Crippen LogP contribution < -0.4 is 0 Å². The Bertz CT molecular complexity index is 374. The van der Waals surface area contributed by atoms with E-state index in [0.29, 0.717) is 12.1 Å². The number of hydrogen-bond acceptors (Lipinski definition) is 2. The van der Waals surface area contributed by atoms with Gasteiger partial charge in [0.05, 0.1) is 0 Å². The maximum absolute atomic E-state index is 12.5. The molecule has 1 aromatic carbocycles. The van der Waals surface area contributed by atoms with Gasteiger partial charge in [-0.25, -0.2) is 13.6 Å². The van der Waals surface area contributed by atoms with Crippen molar-refractivity contribution >= 4 is 11.8 Å². The lowest BCUT2D eigenvalue weighted by molar-refractivity contribution is -0.131. The lowest BCUT2D eigenvalue weighted by Gasteiger charge is -1.96. The van der Waals surface area contributed by atoms with E-state index in [4.69, 9.17) is 5.11 Å². The normalized spacial score (nSPS) is 9.69. The first kappa shape index (κ1) is 9.31. The van der Waals surface area contributed by atoms with Gasteiger partial charge in [-0.05, 0) is 18.2 Å². The SMILES string of the molecule is O=C(O)C(=O)c1ccc(F)c(F)c1. The van der Waals surface area contributed by atoms with Crippen molar-refractivity contribution < 1.29 is 23.5 Å². The van der Waals surface area contributed by atoms with E-state index >= 15 is 0 Å². The van der Waals surface area contributed by atoms with Gasteiger partial charge in [0.2, 0.25) is 0 Å². The molecule has 0 radical (unpaired) electrons. The third-order valence-corrected chi connectivity index (χ3v) is 1.38. The van der Waals surface area contributed by atoms with Crippen LogP contribution in [0.2, 0.25) is 0 Å². The molecule has 1 rings (SSSR count). The molecule has 0 spiro atoms. The predicted molar refractivity (Wildman–Crippen MR) is 38.3 cm³/mol. The van der Waals surface area contributed by atoms with Crippen LogP contribution in [0.3, 0.4) is 0 Å². The van der Waals surface area contributed by atoms with Gasteiger partial charge in [-0.1, -0.05) is 0 Å². The summed E-state index contributed by atoms with van der Waals surface area (Å²) in [5.74, 6) is -5.33. The first-order valence-electron chi connectivity index (χ1n) is 3.25. The molecule has 0 aliphatic heterocycles. The summed E-state index contributed by atoms with van der Waals surface area (Å²) in [5, 5.41) is 8.23. The Morgan fingerprint density at radius 2 is 1.77 bits per heavy atom. The van der Waals surface area contributed by atoms with E-state index in [9.17, 15) is 18.4 Å². The number of rotatable bonds is 2. The second kappa shape index (κ2) is 3.30. The smallest absolute Gasteiger partial charge is 0.377 e. The van der Waals surface area contributed by atoms with E-state index in [0.717, 1.165) is 6.07 Å². The number of carboxylic acids is 1. The Kier molecular flexibility index (Phi) is 2.36. The largest absolute Gasteiger partial charge is 0.475 e. The summed E-state index contributed by atoms with van der Waals surface area (Å²) in [7, 11) is 0. The monoisotopic (exact) mass is 186 g/mol. The Labute approximate surface area is 71.6 Å². The lowest BCUT2D eigenvalue weighted by Crippen LogP contribution is -2.12. The van der Waals surface area contributed by atoms with E-state index in [2.05, 4.69) is 0 Å². The van der Waals surface area contributed by atoms with Gasteiger partial charge >= 0.3 is 5.97 Å². The molecule has 0 aliphatic rings. The molecule has 1 N–H and O–H groups in total. The Morgan fingerprint density at radius 1 is 1.15 bits per heavy atom. The van der Waals surface area contributed by atoms with Crippen LogP contribution in [0, 0.1) is 11.6 Å². The zero-order valence-electron chi connectivity index (χ0n) is 6.25. The van der Waals surface area contributed by atoms with Crippen LogP contribution >= 0.6 is 0 Å². The molecule has 0 saturated heterocycles. The lowest BCUT2D eigenvalue weighted by atomic mass is 10.1. The summed E-state index contributed by atoms with van der Waals surface area (Å²) in [4.78, 5) is 20.8. The molecule has 0 heterocycles. The Morgan fingerprint density at radius 3 is 2.23 bits per heavy atom. The van der Waals surface area contributed by atoms with Gasteiger partial charge < -0.3 is 5.11 Å². The molecule has 0 atom stereocenters. The highest BCUT2D eigenvalue weighted by atomic mass is 19.2. The van der Waals surface area contributed by atoms with E-state index in [1.54, 1.807) is 0 Å². The van der Waals surface area contributed by atoms with Crippen LogP contribution in [0.5, 0.6) is 0 Å². The molecule has 13 heavy (non-hydrogen) atoms. The molecule has 3 nitrogen and oxygen atoms in total. The van der Waals surface area contributed by atoms with Crippen LogP contribution in [0.4, 0.5) is 8.78 Å². The van der Waals surface area contributed by atoms with E-state index < -0.39 is 23.4 Å². The molecule has 0 aliphatic carbocycles. The number of Topliss-reactive ketones (excluding diaryl/α,β-unsaturated/α-hetero) is 1. The van der Waals surface area contributed by atoms with Crippen molar-refractivity contribution in [3.8, 4) is 0 Å². The molecule has 0 fully saturated rings. The van der Waals surface area contributed by atoms with Gasteiger partial charge in [-0.15, -0.1) is 0 Å². The first-order valence-corrected chi connectivity index (χ1v) is 3.25. The quantitative estimate of drug-likeness (QED) is 0.558. The number of benzene rings is 1. The predicted octanol–water partition coefficient (Wildman–Crippen LogP) is 1.23. The zero-order chi connectivity index (χ0) is 10.0. The molecule has 5 heteroatoms. The summed E-state index contributed by atoms with van der Waals surface area (Å²) >= 11 is 0. The summed E-state index contributed by atoms with van der Waals surface area (Å²) in [6.07, 6.45) is 0. The highest BCUT2D eigenvalue weighted by Crippen LogP contribution is 2.09. The minimum Gasteiger partial charge on any atom is -0.475 e. The van der Waals surface area contributed by atoms with Gasteiger partial charge in [-0.2, -0.15) is 0 Å². The van der Waals surface area contributed by atoms with Crippen LogP contribution in [0.15, 0.2) is 18.2 Å². The molecule has 68 valence electrons. The summed E-state index contributed by atoms with van der Waals surface area (Å²) < 4.78 is 24.8. The summed E-state index contributed by atoms with van der Waals surface area (Å²) in [6.45, 7) is 0. The molecular formula is C8H4F2O3. The minimum atomic E-state index is -1.70. The standard InChI is InChI=1S/C8H4F2O3/c9-5-2-1-4(3-6(5)10)7(11)8(12)13/h1-3H,(H,12,13). The van der Waals surface area contributed by atoms with Crippen LogP contribution in [-0.4, -0.2) is 16.9 Å². The minimum absolute atomic E-state index is 0.383. The molecule has 0 aromatic heterocycles. The van der Waals surface area contributed by atoms with Crippen molar-refractivity contribution in [3.05, 3.63) is 35.4 Å². The van der Waals surface area contributed by atoms with E-state index in [1.165, 1.54) is 0 Å². The van der Waals surface area contributed by atoms with Gasteiger partial charge in [0, 0.05) is 5.56 Å². The topological polar surface area (TPSA) is 54.4 Å². The van der Waals surface area contributed by atoms with Gasteiger partial charge in [-0.3, -0.25) is 4.79 Å². The molecule has 0 amide bonds. The van der Waals surface area contributed by atoms with Gasteiger partial charge in [0.1, 0.15) is 0 Å². The van der Waals surface area contributed by atoms with E-state index in [1.807, 2.05) is 0 Å².